The van der Waals surface area contributed by atoms with Crippen LogP contribution in [0, 0.1) is 29.1 Å². The number of benzene rings is 1. The Morgan fingerprint density at radius 2 is 1.05 bits per heavy atom. The SMILES string of the molecule is CC(C)(O)C(C)(C)Nc1c(F)c(F)c(F)c(F)c1F. The van der Waals surface area contributed by atoms with E-state index >= 15 is 0 Å². The summed E-state index contributed by atoms with van der Waals surface area (Å²) < 4.78 is 65.8. The van der Waals surface area contributed by atoms with Crippen molar-refractivity contribution in [2.24, 2.45) is 0 Å². The predicted octanol–water partition coefficient (Wildman–Crippen LogP) is 3.34. The van der Waals surface area contributed by atoms with Crippen LogP contribution in [-0.2, 0) is 0 Å². The molecule has 0 radical (unpaired) electrons. The maximum absolute atomic E-state index is 13.5. The monoisotopic (exact) mass is 283 g/mol. The van der Waals surface area contributed by atoms with Crippen LogP contribution >= 0.6 is 0 Å². The fraction of sp³-hybridized carbons (Fsp3) is 0.500. The zero-order valence-electron chi connectivity index (χ0n) is 10.8. The second kappa shape index (κ2) is 4.63. The highest BCUT2D eigenvalue weighted by molar-refractivity contribution is 5.50. The maximum Gasteiger partial charge on any atom is 0.200 e. The van der Waals surface area contributed by atoms with Gasteiger partial charge in [0.05, 0.1) is 11.1 Å². The summed E-state index contributed by atoms with van der Waals surface area (Å²) in [6, 6.07) is 0. The fourth-order valence-electron chi connectivity index (χ4n) is 1.18. The molecular weight excluding hydrogens is 269 g/mol. The quantitative estimate of drug-likeness (QED) is 0.506. The van der Waals surface area contributed by atoms with Gasteiger partial charge in [-0.2, -0.15) is 0 Å². The molecule has 0 unspecified atom stereocenters. The number of anilines is 1. The maximum atomic E-state index is 13.5. The number of hydrogen-bond acceptors (Lipinski definition) is 2. The predicted molar refractivity (Wildman–Crippen MR) is 60.2 cm³/mol. The van der Waals surface area contributed by atoms with Gasteiger partial charge in [-0.15, -0.1) is 0 Å². The molecule has 0 fully saturated rings. The Morgan fingerprint density at radius 1 is 0.737 bits per heavy atom. The lowest BCUT2D eigenvalue weighted by molar-refractivity contribution is 0.0237. The summed E-state index contributed by atoms with van der Waals surface area (Å²) in [4.78, 5) is 0. The van der Waals surface area contributed by atoms with E-state index in [1.807, 2.05) is 0 Å². The van der Waals surface area contributed by atoms with Crippen LogP contribution in [0.2, 0.25) is 0 Å². The Labute approximate surface area is 107 Å². The van der Waals surface area contributed by atoms with Crippen molar-refractivity contribution in [1.82, 2.24) is 0 Å². The van der Waals surface area contributed by atoms with Crippen LogP contribution in [0.1, 0.15) is 27.7 Å². The van der Waals surface area contributed by atoms with Crippen molar-refractivity contribution in [3.8, 4) is 0 Å². The third-order valence-electron chi connectivity index (χ3n) is 3.18. The first-order chi connectivity index (χ1) is 8.40. The van der Waals surface area contributed by atoms with Gasteiger partial charge in [0.15, 0.2) is 23.3 Å². The first-order valence-electron chi connectivity index (χ1n) is 5.42. The summed E-state index contributed by atoms with van der Waals surface area (Å²) in [5.74, 6) is -10.2. The van der Waals surface area contributed by atoms with Crippen LogP contribution < -0.4 is 5.32 Å². The zero-order chi connectivity index (χ0) is 15.2. The number of rotatable bonds is 3. The van der Waals surface area contributed by atoms with E-state index in [0.717, 1.165) is 0 Å². The topological polar surface area (TPSA) is 32.3 Å². The van der Waals surface area contributed by atoms with Crippen molar-refractivity contribution in [2.75, 3.05) is 5.32 Å². The Balaban J connectivity index is 3.39. The van der Waals surface area contributed by atoms with Gasteiger partial charge in [-0.05, 0) is 27.7 Å². The molecule has 2 N–H and O–H groups in total. The molecule has 0 spiro atoms. The molecule has 0 bridgehead atoms. The summed E-state index contributed by atoms with van der Waals surface area (Å²) in [5, 5.41) is 12.0. The molecule has 0 aromatic heterocycles. The van der Waals surface area contributed by atoms with Gasteiger partial charge >= 0.3 is 0 Å². The van der Waals surface area contributed by atoms with Crippen LogP contribution in [-0.4, -0.2) is 16.2 Å². The van der Waals surface area contributed by atoms with Crippen molar-refractivity contribution in [1.29, 1.82) is 0 Å². The van der Waals surface area contributed by atoms with Crippen molar-refractivity contribution < 1.29 is 27.1 Å². The molecule has 0 amide bonds. The van der Waals surface area contributed by atoms with E-state index < -0.39 is 45.9 Å². The van der Waals surface area contributed by atoms with E-state index in [-0.39, 0.29) is 0 Å². The molecule has 1 aromatic carbocycles. The average molecular weight is 283 g/mol. The molecule has 0 atom stereocenters. The fourth-order valence-corrected chi connectivity index (χ4v) is 1.18. The van der Waals surface area contributed by atoms with E-state index in [0.29, 0.717) is 0 Å². The highest BCUT2D eigenvalue weighted by atomic mass is 19.2. The normalized spacial score (nSPS) is 12.7. The zero-order valence-corrected chi connectivity index (χ0v) is 10.8. The molecule has 19 heavy (non-hydrogen) atoms. The Morgan fingerprint density at radius 3 is 1.37 bits per heavy atom. The van der Waals surface area contributed by atoms with E-state index in [1.54, 1.807) is 0 Å². The second-order valence-electron chi connectivity index (χ2n) is 5.25. The molecule has 0 saturated heterocycles. The average Bonchev–Trinajstić information content (AvgIpc) is 2.28. The number of aliphatic hydroxyl groups is 1. The highest BCUT2D eigenvalue weighted by Gasteiger charge is 2.38. The summed E-state index contributed by atoms with van der Waals surface area (Å²) in [6.45, 7) is 5.41. The van der Waals surface area contributed by atoms with E-state index in [1.165, 1.54) is 27.7 Å². The molecule has 0 aliphatic heterocycles. The third kappa shape index (κ3) is 2.65. The van der Waals surface area contributed by atoms with Gasteiger partial charge in [-0.1, -0.05) is 0 Å². The second-order valence-corrected chi connectivity index (χ2v) is 5.25. The largest absolute Gasteiger partial charge is 0.388 e. The molecule has 7 heteroatoms. The van der Waals surface area contributed by atoms with Crippen molar-refractivity contribution in [3.05, 3.63) is 29.1 Å². The summed E-state index contributed by atoms with van der Waals surface area (Å²) in [6.07, 6.45) is 0. The van der Waals surface area contributed by atoms with Crippen LogP contribution in [0.25, 0.3) is 0 Å². The van der Waals surface area contributed by atoms with Crippen molar-refractivity contribution >= 4 is 5.69 Å². The van der Waals surface area contributed by atoms with Gasteiger partial charge in [0, 0.05) is 0 Å². The highest BCUT2D eigenvalue weighted by Crippen LogP contribution is 2.32. The molecule has 2 nitrogen and oxygen atoms in total. The molecule has 0 aliphatic carbocycles. The lowest BCUT2D eigenvalue weighted by atomic mass is 9.85. The molecule has 1 rings (SSSR count). The van der Waals surface area contributed by atoms with E-state index in [2.05, 4.69) is 5.32 Å². The van der Waals surface area contributed by atoms with Crippen LogP contribution in [0.15, 0.2) is 0 Å². The molecule has 0 saturated carbocycles. The Hall–Kier alpha value is -1.37. The third-order valence-corrected chi connectivity index (χ3v) is 3.18. The van der Waals surface area contributed by atoms with Gasteiger partial charge < -0.3 is 10.4 Å². The minimum absolute atomic E-state index is 1.16. The molecule has 0 heterocycles. The van der Waals surface area contributed by atoms with Gasteiger partial charge in [0.25, 0.3) is 0 Å². The summed E-state index contributed by atoms with van der Waals surface area (Å²) in [5.41, 5.74) is -3.96. The standard InChI is InChI=1S/C12H14F5NO/c1-11(2,12(3,4)19)18-10-8(16)6(14)5(13)7(15)9(10)17/h18-19H,1-4H3. The summed E-state index contributed by atoms with van der Waals surface area (Å²) >= 11 is 0. The Kier molecular flexibility index (Phi) is 3.82. The number of halogens is 5. The first kappa shape index (κ1) is 15.7. The minimum Gasteiger partial charge on any atom is -0.388 e. The van der Waals surface area contributed by atoms with Gasteiger partial charge in [-0.3, -0.25) is 0 Å². The van der Waals surface area contributed by atoms with Gasteiger partial charge in [0.2, 0.25) is 5.82 Å². The first-order valence-corrected chi connectivity index (χ1v) is 5.42. The lowest BCUT2D eigenvalue weighted by Gasteiger charge is -2.39. The lowest BCUT2D eigenvalue weighted by Crippen LogP contribution is -2.51. The Bertz CT molecular complexity index is 479. The molecule has 0 aliphatic rings. The number of nitrogens with one attached hydrogen (secondary N) is 1. The molecular formula is C12H14F5NO. The van der Waals surface area contributed by atoms with Gasteiger partial charge in [-0.25, -0.2) is 22.0 Å². The minimum atomic E-state index is -2.22. The smallest absolute Gasteiger partial charge is 0.200 e. The van der Waals surface area contributed by atoms with Crippen LogP contribution in [0.4, 0.5) is 27.6 Å². The molecule has 108 valence electrons. The van der Waals surface area contributed by atoms with E-state index in [9.17, 15) is 27.1 Å². The van der Waals surface area contributed by atoms with Gasteiger partial charge in [0.1, 0.15) is 5.69 Å². The van der Waals surface area contributed by atoms with E-state index in [4.69, 9.17) is 0 Å². The molecule has 1 aromatic rings. The summed E-state index contributed by atoms with van der Waals surface area (Å²) in [7, 11) is 0. The van der Waals surface area contributed by atoms with Crippen molar-refractivity contribution in [3.63, 3.8) is 0 Å². The van der Waals surface area contributed by atoms with Crippen LogP contribution in [0.3, 0.4) is 0 Å². The number of hydrogen-bond donors (Lipinski definition) is 2. The van der Waals surface area contributed by atoms with Crippen molar-refractivity contribution in [2.45, 2.75) is 38.8 Å². The van der Waals surface area contributed by atoms with Crippen LogP contribution in [0.5, 0.6) is 0 Å².